The summed E-state index contributed by atoms with van der Waals surface area (Å²) in [6.45, 7) is 8.29. The number of fused-ring (bicyclic) bond motifs is 1. The zero-order chi connectivity index (χ0) is 58.5. The van der Waals surface area contributed by atoms with Crippen LogP contribution < -0.4 is 59.7 Å². The Balaban J connectivity index is 1.23. The van der Waals surface area contributed by atoms with Gasteiger partial charge in [0.15, 0.2) is 0 Å². The molecule has 0 aliphatic carbocycles. The number of hydrogen-bond donors (Lipinski definition) is 13. The van der Waals surface area contributed by atoms with E-state index < -0.39 is 114 Å². The maximum Gasteiger partial charge on any atom is 0.243 e. The maximum absolute atomic E-state index is 14.2. The molecule has 2 aromatic heterocycles. The summed E-state index contributed by atoms with van der Waals surface area (Å²) >= 11 is 6.01. The van der Waals surface area contributed by atoms with E-state index >= 15 is 0 Å². The molecule has 24 heteroatoms. The van der Waals surface area contributed by atoms with Crippen LogP contribution >= 0.6 is 11.6 Å². The summed E-state index contributed by atoms with van der Waals surface area (Å²) in [5.41, 5.74) is 21.0. The van der Waals surface area contributed by atoms with Crippen LogP contribution in [0, 0.1) is 11.8 Å². The minimum absolute atomic E-state index is 0.0127. The van der Waals surface area contributed by atoms with Gasteiger partial charge in [0.1, 0.15) is 30.2 Å². The van der Waals surface area contributed by atoms with Crippen LogP contribution in [0.4, 0.5) is 0 Å². The highest BCUT2D eigenvalue weighted by Crippen LogP contribution is 2.20. The van der Waals surface area contributed by atoms with Gasteiger partial charge in [-0.25, -0.2) is 4.98 Å². The lowest BCUT2D eigenvalue weighted by atomic mass is 10.0. The van der Waals surface area contributed by atoms with E-state index in [0.717, 1.165) is 16.5 Å². The van der Waals surface area contributed by atoms with E-state index in [0.29, 0.717) is 34.7 Å². The molecule has 8 unspecified atom stereocenters. The molecule has 430 valence electrons. The lowest BCUT2D eigenvalue weighted by Gasteiger charge is -2.27. The predicted molar refractivity (Wildman–Crippen MR) is 302 cm³/mol. The van der Waals surface area contributed by atoms with Crippen molar-refractivity contribution < 1.29 is 43.2 Å². The molecule has 80 heavy (non-hydrogen) atoms. The van der Waals surface area contributed by atoms with E-state index in [-0.39, 0.29) is 44.6 Å². The molecular formula is C56H75ClN14O9. The van der Waals surface area contributed by atoms with Gasteiger partial charge in [-0.2, -0.15) is 0 Å². The number of benzene rings is 3. The zero-order valence-corrected chi connectivity index (χ0v) is 46.4. The summed E-state index contributed by atoms with van der Waals surface area (Å²) in [6, 6.07) is 14.7. The molecular weight excluding hydrogens is 1050 g/mol. The van der Waals surface area contributed by atoms with E-state index in [1.54, 1.807) is 50.4 Å². The number of para-hydroxylation sites is 1. The van der Waals surface area contributed by atoms with Crippen molar-refractivity contribution in [3.05, 3.63) is 125 Å². The largest absolute Gasteiger partial charge is 0.370 e. The van der Waals surface area contributed by atoms with E-state index in [9.17, 15) is 43.2 Å². The molecule has 0 radical (unpaired) electrons. The fourth-order valence-electron chi connectivity index (χ4n) is 8.82. The number of aromatic amines is 2. The number of imidazole rings is 1. The van der Waals surface area contributed by atoms with E-state index in [1.165, 1.54) is 19.4 Å². The molecule has 3 aromatic carbocycles. The summed E-state index contributed by atoms with van der Waals surface area (Å²) in [5, 5.41) is 23.3. The van der Waals surface area contributed by atoms with Crippen LogP contribution in [0.3, 0.4) is 0 Å². The fourth-order valence-corrected chi connectivity index (χ4v) is 8.94. The zero-order valence-electron chi connectivity index (χ0n) is 45.6. The molecule has 8 atom stereocenters. The van der Waals surface area contributed by atoms with E-state index in [4.69, 9.17) is 28.8 Å². The van der Waals surface area contributed by atoms with Gasteiger partial charge in [0.2, 0.25) is 53.2 Å². The summed E-state index contributed by atoms with van der Waals surface area (Å²) in [4.78, 5) is 131. The highest BCUT2D eigenvalue weighted by Gasteiger charge is 2.33. The van der Waals surface area contributed by atoms with Crippen LogP contribution in [0.15, 0.2) is 97.6 Å². The van der Waals surface area contributed by atoms with Gasteiger partial charge >= 0.3 is 0 Å². The second-order valence-corrected chi connectivity index (χ2v) is 21.0. The first-order chi connectivity index (χ1) is 38.1. The van der Waals surface area contributed by atoms with E-state index in [1.807, 2.05) is 62.4 Å². The number of primary amides is 2. The van der Waals surface area contributed by atoms with Crippen molar-refractivity contribution in [2.45, 2.75) is 128 Å². The summed E-state index contributed by atoms with van der Waals surface area (Å²) in [7, 11) is 0. The van der Waals surface area contributed by atoms with Gasteiger partial charge in [0, 0.05) is 65.9 Å². The average molecular weight is 1120 g/mol. The third-order valence-corrected chi connectivity index (χ3v) is 13.4. The molecule has 0 aliphatic heterocycles. The summed E-state index contributed by atoms with van der Waals surface area (Å²) in [6.07, 6.45) is 4.98. The first-order valence-electron chi connectivity index (χ1n) is 26.5. The Kier molecular flexibility index (Phi) is 24.2. The monoisotopic (exact) mass is 1120 g/mol. The standard InChI is InChI=1S/C56H75ClN14O9/c1-31(2)21-39(28-63-44(50(60)74)23-34-11-7-6-8-12-34)67-55(79)46(25-38-27-61-30-65-38)68-48(73)29-64-56(80)49(32(3)4)71-51(75)33(5)66-54(78)45(24-36-26-62-42-14-10-9-13-40(36)42)70-53(77)43(19-20-47(59)72)69-52(76)41(58)22-35-15-17-37(57)18-16-35/h6-18,26-27,30-33,39,41,43-46,49,62-63H,19-25,28-29,58H2,1-5H3,(H2,59,72)(H2,60,74)(H,61,65)(H,64,80)(H,66,78)(H,67,79)(H,68,73)(H,69,76)(H,70,77)(H,71,75). The van der Waals surface area contributed by atoms with Crippen molar-refractivity contribution in [2.24, 2.45) is 29.0 Å². The van der Waals surface area contributed by atoms with Gasteiger partial charge in [-0.15, -0.1) is 0 Å². The van der Waals surface area contributed by atoms with Crippen molar-refractivity contribution in [3.8, 4) is 0 Å². The number of carbonyl (C=O) groups excluding carboxylic acids is 9. The van der Waals surface area contributed by atoms with Crippen LogP contribution in [0.25, 0.3) is 10.9 Å². The number of rotatable bonds is 32. The molecule has 16 N–H and O–H groups in total. The van der Waals surface area contributed by atoms with Crippen LogP contribution in [0.1, 0.15) is 76.3 Å². The predicted octanol–water partition coefficient (Wildman–Crippen LogP) is 0.598. The Morgan fingerprint density at radius 3 is 1.91 bits per heavy atom. The van der Waals surface area contributed by atoms with Crippen LogP contribution in [0.2, 0.25) is 5.02 Å². The quantitative estimate of drug-likeness (QED) is 0.0282. The number of nitrogens with zero attached hydrogens (tertiary/aromatic N) is 1. The Hall–Kier alpha value is -8.15. The number of nitrogens with one attached hydrogen (secondary N) is 10. The van der Waals surface area contributed by atoms with Crippen molar-refractivity contribution in [3.63, 3.8) is 0 Å². The third-order valence-electron chi connectivity index (χ3n) is 13.1. The summed E-state index contributed by atoms with van der Waals surface area (Å²) in [5.74, 6) is -6.79. The number of aromatic nitrogens is 3. The molecule has 23 nitrogen and oxygen atoms in total. The molecule has 5 aromatic rings. The number of halogens is 1. The second-order valence-electron chi connectivity index (χ2n) is 20.6. The molecule has 0 fully saturated rings. The number of H-pyrrole nitrogens is 2. The average Bonchev–Trinajstić information content (AvgIpc) is 4.10. The van der Waals surface area contributed by atoms with Crippen LogP contribution in [-0.2, 0) is 68.8 Å². The minimum Gasteiger partial charge on any atom is -0.370 e. The van der Waals surface area contributed by atoms with Crippen LogP contribution in [-0.4, -0.2) is 130 Å². The van der Waals surface area contributed by atoms with Crippen molar-refractivity contribution in [1.29, 1.82) is 0 Å². The number of hydrogen-bond acceptors (Lipinski definition) is 12. The van der Waals surface area contributed by atoms with Crippen molar-refractivity contribution >= 4 is 75.7 Å². The Morgan fingerprint density at radius 2 is 1.26 bits per heavy atom. The molecule has 0 bridgehead atoms. The highest BCUT2D eigenvalue weighted by molar-refractivity contribution is 6.30. The molecule has 2 heterocycles. The van der Waals surface area contributed by atoms with Gasteiger partial charge in [-0.05, 0) is 79.3 Å². The smallest absolute Gasteiger partial charge is 0.243 e. The van der Waals surface area contributed by atoms with Gasteiger partial charge in [-0.1, -0.05) is 100.0 Å². The molecule has 5 rings (SSSR count). The third kappa shape index (κ3) is 20.3. The van der Waals surface area contributed by atoms with Gasteiger partial charge in [0.25, 0.3) is 0 Å². The van der Waals surface area contributed by atoms with Crippen molar-refractivity contribution in [2.75, 3.05) is 13.1 Å². The summed E-state index contributed by atoms with van der Waals surface area (Å²) < 4.78 is 0. The van der Waals surface area contributed by atoms with Gasteiger partial charge in [-0.3, -0.25) is 43.2 Å². The maximum atomic E-state index is 14.2. The Morgan fingerprint density at radius 1 is 0.625 bits per heavy atom. The van der Waals surface area contributed by atoms with Crippen molar-refractivity contribution in [1.82, 2.24) is 57.5 Å². The molecule has 0 spiro atoms. The Labute approximate surface area is 469 Å². The topological polar surface area (TPSA) is 372 Å². The minimum atomic E-state index is -1.36. The lowest BCUT2D eigenvalue weighted by Crippen LogP contribution is -2.59. The first kappa shape index (κ1) is 62.7. The van der Waals surface area contributed by atoms with E-state index in [2.05, 4.69) is 57.5 Å². The second kappa shape index (κ2) is 30.9. The number of amides is 9. The molecule has 0 saturated heterocycles. The Bertz CT molecular complexity index is 2880. The molecule has 0 aliphatic rings. The highest BCUT2D eigenvalue weighted by atomic mass is 35.5. The van der Waals surface area contributed by atoms with Crippen LogP contribution in [0.5, 0.6) is 0 Å². The molecule has 0 saturated carbocycles. The number of nitrogens with two attached hydrogens (primary N) is 3. The normalized spacial score (nSPS) is 14.3. The first-order valence-corrected chi connectivity index (χ1v) is 26.9. The fraction of sp³-hybridized carbons (Fsp3) is 0.429. The molecule has 9 amide bonds. The van der Waals surface area contributed by atoms with Gasteiger partial charge in [0.05, 0.1) is 25.0 Å². The van der Waals surface area contributed by atoms with Gasteiger partial charge < -0.3 is 69.7 Å². The number of carbonyl (C=O) groups is 9. The SMILES string of the molecule is CC(C)CC(CNC(Cc1ccccc1)C(N)=O)NC(=O)C(Cc1cnc[nH]1)NC(=O)CNC(=O)C(NC(=O)C(C)NC(=O)C(Cc1c[nH]c2ccccc12)NC(=O)C(CCC(N)=O)NC(=O)C(N)Cc1ccc(Cl)cc1)C(C)C. The lowest BCUT2D eigenvalue weighted by molar-refractivity contribution is -0.135.